The van der Waals surface area contributed by atoms with Crippen molar-refractivity contribution in [1.29, 1.82) is 0 Å². The summed E-state index contributed by atoms with van der Waals surface area (Å²) in [5.74, 6) is 0.960. The van der Waals surface area contributed by atoms with Gasteiger partial charge in [0.2, 0.25) is 0 Å². The molecule has 2 heteroatoms. The molecule has 0 amide bonds. The summed E-state index contributed by atoms with van der Waals surface area (Å²) in [4.78, 5) is 0. The third-order valence-corrected chi connectivity index (χ3v) is 3.40. The van der Waals surface area contributed by atoms with Crippen LogP contribution in [-0.4, -0.2) is 13.2 Å². The van der Waals surface area contributed by atoms with Crippen LogP contribution in [0.5, 0.6) is 5.75 Å². The van der Waals surface area contributed by atoms with Crippen LogP contribution in [0.2, 0.25) is 0 Å². The lowest BCUT2D eigenvalue weighted by molar-refractivity contribution is 0.319. The molecule has 0 radical (unpaired) electrons. The summed E-state index contributed by atoms with van der Waals surface area (Å²) < 4.78 is 5.79. The molecule has 0 saturated carbocycles. The maximum atomic E-state index is 5.79. The van der Waals surface area contributed by atoms with Crippen molar-refractivity contribution < 1.29 is 4.74 Å². The van der Waals surface area contributed by atoms with Crippen molar-refractivity contribution in [2.45, 2.75) is 33.1 Å². The summed E-state index contributed by atoms with van der Waals surface area (Å²) in [6.07, 6.45) is 3.25. The molecule has 0 aliphatic carbocycles. The molecule has 0 aliphatic heterocycles. The Morgan fingerprint density at radius 1 is 1.05 bits per heavy atom. The van der Waals surface area contributed by atoms with Gasteiger partial charge in [-0.15, -0.1) is 0 Å². The van der Waals surface area contributed by atoms with E-state index in [4.69, 9.17) is 4.74 Å². The van der Waals surface area contributed by atoms with Gasteiger partial charge in [-0.2, -0.15) is 0 Å². The summed E-state index contributed by atoms with van der Waals surface area (Å²) in [5.41, 5.74) is 3.76. The first-order chi connectivity index (χ1) is 10.3. The number of aryl methyl sites for hydroxylation is 2. The van der Waals surface area contributed by atoms with Crippen LogP contribution in [0.25, 0.3) is 0 Å². The van der Waals surface area contributed by atoms with E-state index in [0.29, 0.717) is 0 Å². The van der Waals surface area contributed by atoms with Crippen LogP contribution in [0.4, 0.5) is 5.69 Å². The van der Waals surface area contributed by atoms with Crippen molar-refractivity contribution in [3.8, 4) is 5.75 Å². The predicted molar refractivity (Wildman–Crippen MR) is 90.2 cm³/mol. The second kappa shape index (κ2) is 8.35. The van der Waals surface area contributed by atoms with E-state index in [9.17, 15) is 0 Å². The maximum absolute atomic E-state index is 5.79. The summed E-state index contributed by atoms with van der Waals surface area (Å²) in [7, 11) is 0. The first kappa shape index (κ1) is 15.4. The van der Waals surface area contributed by atoms with Gasteiger partial charge in [0, 0.05) is 6.54 Å². The Balaban J connectivity index is 1.85. The van der Waals surface area contributed by atoms with E-state index in [-0.39, 0.29) is 0 Å². The van der Waals surface area contributed by atoms with Gasteiger partial charge in [0.1, 0.15) is 5.75 Å². The fourth-order valence-electron chi connectivity index (χ4n) is 2.28. The maximum Gasteiger partial charge on any atom is 0.142 e. The summed E-state index contributed by atoms with van der Waals surface area (Å²) in [6, 6.07) is 16.9. The summed E-state index contributed by atoms with van der Waals surface area (Å²) >= 11 is 0. The van der Waals surface area contributed by atoms with E-state index >= 15 is 0 Å². The zero-order valence-corrected chi connectivity index (χ0v) is 13.1. The van der Waals surface area contributed by atoms with Crippen molar-refractivity contribution in [2.75, 3.05) is 18.5 Å². The van der Waals surface area contributed by atoms with E-state index in [1.807, 2.05) is 0 Å². The molecule has 0 bridgehead atoms. The van der Waals surface area contributed by atoms with Gasteiger partial charge in [0.25, 0.3) is 0 Å². The fraction of sp³-hybridized carbons (Fsp3) is 0.368. The van der Waals surface area contributed by atoms with Crippen LogP contribution in [0, 0.1) is 6.92 Å². The monoisotopic (exact) mass is 283 g/mol. The van der Waals surface area contributed by atoms with Crippen LogP contribution in [0.1, 0.15) is 30.9 Å². The van der Waals surface area contributed by atoms with Gasteiger partial charge in [-0.05, 0) is 49.4 Å². The first-order valence-electron chi connectivity index (χ1n) is 7.81. The number of ether oxygens (including phenoxy) is 1. The van der Waals surface area contributed by atoms with Crippen molar-refractivity contribution in [1.82, 2.24) is 0 Å². The number of anilines is 1. The highest BCUT2D eigenvalue weighted by Crippen LogP contribution is 2.25. The standard InChI is InChI=1S/C19H25NO/c1-3-14-21-19-12-11-16(2)15-18(19)20-13-7-10-17-8-5-4-6-9-17/h4-6,8-9,11-12,15,20H,3,7,10,13-14H2,1-2H3. The van der Waals surface area contributed by atoms with Crippen molar-refractivity contribution in [2.24, 2.45) is 0 Å². The number of benzene rings is 2. The summed E-state index contributed by atoms with van der Waals surface area (Å²) in [5, 5.41) is 3.51. The second-order valence-electron chi connectivity index (χ2n) is 5.36. The quantitative estimate of drug-likeness (QED) is 0.701. The van der Waals surface area contributed by atoms with Gasteiger partial charge in [0.15, 0.2) is 0 Å². The summed E-state index contributed by atoms with van der Waals surface area (Å²) in [6.45, 7) is 5.96. The van der Waals surface area contributed by atoms with E-state index < -0.39 is 0 Å². The fourth-order valence-corrected chi connectivity index (χ4v) is 2.28. The smallest absolute Gasteiger partial charge is 0.142 e. The van der Waals surface area contributed by atoms with E-state index in [1.165, 1.54) is 11.1 Å². The molecule has 0 saturated heterocycles. The highest BCUT2D eigenvalue weighted by molar-refractivity contribution is 5.58. The predicted octanol–water partition coefficient (Wildman–Crippen LogP) is 4.83. The molecule has 0 aromatic heterocycles. The Morgan fingerprint density at radius 2 is 1.86 bits per heavy atom. The third kappa shape index (κ3) is 5.14. The Labute approximate surface area is 128 Å². The molecule has 2 aromatic rings. The van der Waals surface area contributed by atoms with Gasteiger partial charge < -0.3 is 10.1 Å². The van der Waals surface area contributed by atoms with Crippen LogP contribution in [-0.2, 0) is 6.42 Å². The van der Waals surface area contributed by atoms with Gasteiger partial charge >= 0.3 is 0 Å². The molecule has 2 nitrogen and oxygen atoms in total. The average molecular weight is 283 g/mol. The van der Waals surface area contributed by atoms with Gasteiger partial charge in [-0.3, -0.25) is 0 Å². The lowest BCUT2D eigenvalue weighted by atomic mass is 10.1. The largest absolute Gasteiger partial charge is 0.491 e. The van der Waals surface area contributed by atoms with Crippen molar-refractivity contribution in [3.63, 3.8) is 0 Å². The second-order valence-corrected chi connectivity index (χ2v) is 5.36. The minimum absolute atomic E-state index is 0.766. The molecule has 0 aliphatic rings. The SMILES string of the molecule is CCCOc1ccc(C)cc1NCCCc1ccccc1. The van der Waals surface area contributed by atoms with Crippen LogP contribution in [0.15, 0.2) is 48.5 Å². The van der Waals surface area contributed by atoms with E-state index in [1.54, 1.807) is 0 Å². The number of nitrogens with one attached hydrogen (secondary N) is 1. The highest BCUT2D eigenvalue weighted by Gasteiger charge is 2.03. The molecule has 0 atom stereocenters. The van der Waals surface area contributed by atoms with E-state index in [0.717, 1.165) is 43.9 Å². The third-order valence-electron chi connectivity index (χ3n) is 3.40. The van der Waals surface area contributed by atoms with Crippen molar-refractivity contribution >= 4 is 5.69 Å². The molecular formula is C19H25NO. The topological polar surface area (TPSA) is 21.3 Å². The Morgan fingerprint density at radius 3 is 2.62 bits per heavy atom. The number of hydrogen-bond acceptors (Lipinski definition) is 2. The van der Waals surface area contributed by atoms with Gasteiger partial charge in [-0.25, -0.2) is 0 Å². The Hall–Kier alpha value is -1.96. The lowest BCUT2D eigenvalue weighted by Crippen LogP contribution is -2.06. The van der Waals surface area contributed by atoms with Crippen molar-refractivity contribution in [3.05, 3.63) is 59.7 Å². The van der Waals surface area contributed by atoms with Gasteiger partial charge in [-0.1, -0.05) is 43.3 Å². The molecular weight excluding hydrogens is 258 g/mol. The molecule has 0 spiro atoms. The normalized spacial score (nSPS) is 10.4. The molecule has 112 valence electrons. The van der Waals surface area contributed by atoms with Crippen LogP contribution >= 0.6 is 0 Å². The Kier molecular flexibility index (Phi) is 6.14. The molecule has 21 heavy (non-hydrogen) atoms. The van der Waals surface area contributed by atoms with E-state index in [2.05, 4.69) is 67.7 Å². The zero-order chi connectivity index (χ0) is 14.9. The number of hydrogen-bond donors (Lipinski definition) is 1. The van der Waals surface area contributed by atoms with Gasteiger partial charge in [0.05, 0.1) is 12.3 Å². The van der Waals surface area contributed by atoms with Crippen LogP contribution in [0.3, 0.4) is 0 Å². The first-order valence-corrected chi connectivity index (χ1v) is 7.81. The Bertz CT molecular complexity index is 537. The lowest BCUT2D eigenvalue weighted by Gasteiger charge is -2.13. The molecule has 2 aromatic carbocycles. The molecule has 2 rings (SSSR count). The molecule has 0 heterocycles. The highest BCUT2D eigenvalue weighted by atomic mass is 16.5. The number of rotatable bonds is 8. The average Bonchev–Trinajstić information content (AvgIpc) is 2.52. The molecule has 1 N–H and O–H groups in total. The molecule has 0 unspecified atom stereocenters. The minimum atomic E-state index is 0.766. The minimum Gasteiger partial charge on any atom is -0.491 e. The molecule has 0 fully saturated rings. The zero-order valence-electron chi connectivity index (χ0n) is 13.1. The van der Waals surface area contributed by atoms with Crippen LogP contribution < -0.4 is 10.1 Å².